The second kappa shape index (κ2) is 7.55. The Balaban J connectivity index is 2.46. The fourth-order valence-electron chi connectivity index (χ4n) is 1.50. The molecule has 0 spiro atoms. The standard InChI is InChI=1S/C14H21AsO2/c1-4-5-6-11-17-14(16)12-7-9-13(10-8-12)15(2)3/h7-10H,4-6,11H2,1-3H3. The number of unbranched alkanes of at least 4 members (excludes halogenated alkanes) is 2. The van der Waals surface area contributed by atoms with Crippen LogP contribution in [0.25, 0.3) is 0 Å². The molecule has 17 heavy (non-hydrogen) atoms. The first-order valence-electron chi connectivity index (χ1n) is 6.09. The third-order valence-corrected chi connectivity index (χ3v) is 5.39. The zero-order valence-electron chi connectivity index (χ0n) is 10.9. The summed E-state index contributed by atoms with van der Waals surface area (Å²) in [4.78, 5) is 11.7. The van der Waals surface area contributed by atoms with E-state index in [0.29, 0.717) is 12.2 Å². The van der Waals surface area contributed by atoms with Crippen LogP contribution in [-0.2, 0) is 4.74 Å². The Morgan fingerprint density at radius 1 is 1.18 bits per heavy atom. The quantitative estimate of drug-likeness (QED) is 0.458. The van der Waals surface area contributed by atoms with Crippen molar-refractivity contribution in [2.75, 3.05) is 6.61 Å². The van der Waals surface area contributed by atoms with Gasteiger partial charge < -0.3 is 0 Å². The van der Waals surface area contributed by atoms with Crippen LogP contribution in [0.1, 0.15) is 36.5 Å². The fraction of sp³-hybridized carbons (Fsp3) is 0.500. The zero-order chi connectivity index (χ0) is 12.7. The Bertz CT molecular complexity index is 344. The number of carbonyl (C=O) groups excluding carboxylic acids is 1. The van der Waals surface area contributed by atoms with Gasteiger partial charge in [-0.1, -0.05) is 0 Å². The van der Waals surface area contributed by atoms with Crippen LogP contribution in [0.15, 0.2) is 24.3 Å². The summed E-state index contributed by atoms with van der Waals surface area (Å²) >= 11 is -0.827. The molecule has 1 aromatic carbocycles. The first-order chi connectivity index (χ1) is 8.15. The van der Waals surface area contributed by atoms with Crippen molar-refractivity contribution in [1.29, 1.82) is 0 Å². The van der Waals surface area contributed by atoms with Gasteiger partial charge in [-0.25, -0.2) is 0 Å². The topological polar surface area (TPSA) is 26.3 Å². The molecule has 0 amide bonds. The predicted molar refractivity (Wildman–Crippen MR) is 73.4 cm³/mol. The monoisotopic (exact) mass is 296 g/mol. The molecule has 94 valence electrons. The Kier molecular flexibility index (Phi) is 6.36. The SMILES string of the molecule is CCCCCOC(=O)c1ccc([As](C)C)cc1. The summed E-state index contributed by atoms with van der Waals surface area (Å²) in [6.07, 6.45) is 3.22. The summed E-state index contributed by atoms with van der Waals surface area (Å²) in [5, 5.41) is 0. The van der Waals surface area contributed by atoms with Gasteiger partial charge in [-0.05, 0) is 0 Å². The first kappa shape index (κ1) is 14.3. The van der Waals surface area contributed by atoms with Crippen LogP contribution in [0.2, 0.25) is 11.4 Å². The van der Waals surface area contributed by atoms with Crippen molar-refractivity contribution in [2.45, 2.75) is 37.6 Å². The molecule has 2 nitrogen and oxygen atoms in total. The molecular formula is C14H21AsO2. The maximum atomic E-state index is 11.7. The fourth-order valence-corrected chi connectivity index (χ4v) is 3.06. The van der Waals surface area contributed by atoms with Crippen molar-refractivity contribution < 1.29 is 9.53 Å². The van der Waals surface area contributed by atoms with Gasteiger partial charge in [0.1, 0.15) is 0 Å². The van der Waals surface area contributed by atoms with Gasteiger partial charge in [0, 0.05) is 0 Å². The van der Waals surface area contributed by atoms with E-state index in [4.69, 9.17) is 4.74 Å². The van der Waals surface area contributed by atoms with E-state index in [1.54, 1.807) is 0 Å². The Morgan fingerprint density at radius 2 is 1.82 bits per heavy atom. The van der Waals surface area contributed by atoms with E-state index in [1.807, 2.05) is 12.1 Å². The minimum absolute atomic E-state index is 0.195. The molecule has 0 N–H and O–H groups in total. The van der Waals surface area contributed by atoms with Gasteiger partial charge >= 0.3 is 109 Å². The van der Waals surface area contributed by atoms with Gasteiger partial charge in [0.15, 0.2) is 0 Å². The van der Waals surface area contributed by atoms with Gasteiger partial charge in [0.2, 0.25) is 0 Å². The van der Waals surface area contributed by atoms with Crippen LogP contribution in [0.4, 0.5) is 0 Å². The summed E-state index contributed by atoms with van der Waals surface area (Å²) in [6.45, 7) is 2.67. The molecule has 0 unspecified atom stereocenters. The summed E-state index contributed by atoms with van der Waals surface area (Å²) in [7, 11) is 0. The van der Waals surface area contributed by atoms with Crippen molar-refractivity contribution in [1.82, 2.24) is 0 Å². The average Bonchev–Trinajstić information content (AvgIpc) is 2.34. The molecule has 0 bridgehead atoms. The van der Waals surface area contributed by atoms with Crippen LogP contribution in [0.5, 0.6) is 0 Å². The van der Waals surface area contributed by atoms with Crippen LogP contribution in [-0.4, -0.2) is 27.2 Å². The van der Waals surface area contributed by atoms with Gasteiger partial charge in [0.25, 0.3) is 0 Å². The van der Waals surface area contributed by atoms with Gasteiger partial charge in [-0.2, -0.15) is 0 Å². The second-order valence-electron chi connectivity index (χ2n) is 4.28. The van der Waals surface area contributed by atoms with Gasteiger partial charge in [0.05, 0.1) is 0 Å². The molecule has 0 atom stereocenters. The van der Waals surface area contributed by atoms with Gasteiger partial charge in [-0.3, -0.25) is 0 Å². The van der Waals surface area contributed by atoms with Crippen molar-refractivity contribution in [3.05, 3.63) is 29.8 Å². The third-order valence-electron chi connectivity index (χ3n) is 2.60. The third kappa shape index (κ3) is 4.95. The van der Waals surface area contributed by atoms with Crippen molar-refractivity contribution in [3.8, 4) is 0 Å². The molecular weight excluding hydrogens is 275 g/mol. The Morgan fingerprint density at radius 3 is 2.35 bits per heavy atom. The van der Waals surface area contributed by atoms with E-state index in [0.717, 1.165) is 19.3 Å². The van der Waals surface area contributed by atoms with Crippen LogP contribution < -0.4 is 4.35 Å². The molecule has 0 aromatic heterocycles. The number of esters is 1. The summed E-state index contributed by atoms with van der Waals surface area (Å²) in [6, 6.07) is 7.88. The number of ether oxygens (including phenoxy) is 1. The molecule has 0 fully saturated rings. The first-order valence-corrected chi connectivity index (χ1v) is 10.8. The number of benzene rings is 1. The molecule has 0 saturated heterocycles. The van der Waals surface area contributed by atoms with Crippen LogP contribution in [0.3, 0.4) is 0 Å². The number of carbonyl (C=O) groups is 1. The molecule has 0 aliphatic rings. The molecule has 0 aliphatic heterocycles. The van der Waals surface area contributed by atoms with E-state index in [9.17, 15) is 4.79 Å². The molecule has 0 saturated carbocycles. The Labute approximate surface area is 109 Å². The predicted octanol–water partition coefficient (Wildman–Crippen LogP) is 3.00. The molecule has 1 aromatic rings. The van der Waals surface area contributed by atoms with Crippen molar-refractivity contribution in [3.63, 3.8) is 0 Å². The minimum atomic E-state index is -0.827. The van der Waals surface area contributed by atoms with E-state index < -0.39 is 14.7 Å². The van der Waals surface area contributed by atoms with E-state index >= 15 is 0 Å². The number of rotatable bonds is 6. The van der Waals surface area contributed by atoms with Gasteiger partial charge in [-0.15, -0.1) is 0 Å². The molecule has 3 heteroatoms. The van der Waals surface area contributed by atoms with Crippen molar-refractivity contribution in [2.24, 2.45) is 0 Å². The normalized spacial score (nSPS) is 10.6. The number of hydrogen-bond acceptors (Lipinski definition) is 2. The van der Waals surface area contributed by atoms with Crippen LogP contribution in [0, 0.1) is 0 Å². The number of hydrogen-bond donors (Lipinski definition) is 0. The second-order valence-corrected chi connectivity index (χ2v) is 9.12. The maximum absolute atomic E-state index is 11.7. The van der Waals surface area contributed by atoms with Crippen molar-refractivity contribution >= 4 is 25.0 Å². The molecule has 0 heterocycles. The molecule has 0 aliphatic carbocycles. The summed E-state index contributed by atoms with van der Waals surface area (Å²) < 4.78 is 6.59. The van der Waals surface area contributed by atoms with E-state index in [1.165, 1.54) is 4.35 Å². The summed E-state index contributed by atoms with van der Waals surface area (Å²) in [5.74, 6) is -0.195. The molecule has 1 rings (SSSR count). The molecule has 0 radical (unpaired) electrons. The van der Waals surface area contributed by atoms with E-state index in [-0.39, 0.29) is 5.97 Å². The zero-order valence-corrected chi connectivity index (χ0v) is 12.8. The van der Waals surface area contributed by atoms with Crippen LogP contribution >= 0.6 is 0 Å². The van der Waals surface area contributed by atoms with E-state index in [2.05, 4.69) is 30.5 Å². The average molecular weight is 296 g/mol. The Hall–Kier alpha value is -0.752. The summed E-state index contributed by atoms with van der Waals surface area (Å²) in [5.41, 5.74) is 5.23.